The molecular weight excluding hydrogens is 359 g/mol. The van der Waals surface area contributed by atoms with Crippen LogP contribution in [0.4, 0.5) is 5.69 Å². The van der Waals surface area contributed by atoms with E-state index in [2.05, 4.69) is 5.10 Å². The third kappa shape index (κ3) is 3.51. The van der Waals surface area contributed by atoms with E-state index in [1.165, 1.54) is 0 Å². The molecule has 2 unspecified atom stereocenters. The molecule has 0 fully saturated rings. The van der Waals surface area contributed by atoms with Gasteiger partial charge in [-0.3, -0.25) is 5.01 Å². The fourth-order valence-corrected chi connectivity index (χ4v) is 3.54. The molecule has 2 aromatic rings. The Kier molecular flexibility index (Phi) is 5.30. The lowest BCUT2D eigenvalue weighted by molar-refractivity contribution is -0.135. The Morgan fingerprint density at radius 2 is 1.92 bits per heavy atom. The summed E-state index contributed by atoms with van der Waals surface area (Å²) in [7, 11) is 0. The highest BCUT2D eigenvalue weighted by Gasteiger charge is 2.40. The van der Waals surface area contributed by atoms with Crippen molar-refractivity contribution in [3.05, 3.63) is 64.1 Å². The van der Waals surface area contributed by atoms with Crippen LogP contribution in [0.2, 0.25) is 10.0 Å². The van der Waals surface area contributed by atoms with E-state index in [4.69, 9.17) is 27.9 Å². The maximum atomic E-state index is 12.5. The lowest BCUT2D eigenvalue weighted by Gasteiger charge is -2.25. The lowest BCUT2D eigenvalue weighted by Crippen LogP contribution is -2.31. The van der Waals surface area contributed by atoms with Crippen LogP contribution in [-0.4, -0.2) is 24.3 Å². The van der Waals surface area contributed by atoms with E-state index in [1.807, 2.05) is 37.3 Å². The Hall–Kier alpha value is -2.04. The molecule has 3 rings (SSSR count). The molecule has 1 aliphatic rings. The van der Waals surface area contributed by atoms with Crippen LogP contribution in [0, 0.1) is 0 Å². The predicted molar refractivity (Wildman–Crippen MR) is 102 cm³/mol. The number of nitrogens with zero attached hydrogens (tertiary/aromatic N) is 2. The van der Waals surface area contributed by atoms with Crippen molar-refractivity contribution in [3.8, 4) is 0 Å². The van der Waals surface area contributed by atoms with Gasteiger partial charge in [-0.1, -0.05) is 53.5 Å². The molecule has 25 heavy (non-hydrogen) atoms. The third-order valence-corrected chi connectivity index (χ3v) is 4.72. The molecule has 0 aliphatic carbocycles. The van der Waals surface area contributed by atoms with Gasteiger partial charge >= 0.3 is 5.97 Å². The second-order valence-corrected chi connectivity index (χ2v) is 6.62. The summed E-state index contributed by atoms with van der Waals surface area (Å²) in [6.07, 6.45) is 0. The largest absolute Gasteiger partial charge is 0.461 e. The first-order chi connectivity index (χ1) is 12.0. The van der Waals surface area contributed by atoms with Crippen LogP contribution in [0.1, 0.15) is 25.3 Å². The number of hydrogen-bond acceptors (Lipinski definition) is 4. The van der Waals surface area contributed by atoms with Gasteiger partial charge in [0.05, 0.1) is 29.3 Å². The second-order valence-electron chi connectivity index (χ2n) is 5.77. The lowest BCUT2D eigenvalue weighted by atomic mass is 9.88. The van der Waals surface area contributed by atoms with Crippen LogP contribution < -0.4 is 5.01 Å². The summed E-state index contributed by atoms with van der Waals surface area (Å²) < 4.78 is 5.21. The number of hydrogen-bond donors (Lipinski definition) is 0. The Labute approximate surface area is 157 Å². The summed E-state index contributed by atoms with van der Waals surface area (Å²) in [5.74, 6) is -0.609. The van der Waals surface area contributed by atoms with Gasteiger partial charge in [-0.05, 0) is 37.6 Å². The summed E-state index contributed by atoms with van der Waals surface area (Å²) in [6.45, 7) is 4.09. The van der Waals surface area contributed by atoms with Crippen LogP contribution in [0.3, 0.4) is 0 Å². The molecule has 0 N–H and O–H groups in total. The normalized spacial score (nSPS) is 19.7. The van der Waals surface area contributed by atoms with E-state index in [0.717, 1.165) is 5.56 Å². The molecule has 130 valence electrons. The summed E-state index contributed by atoms with van der Waals surface area (Å²) in [5, 5.41) is 7.36. The summed E-state index contributed by atoms with van der Waals surface area (Å²) >= 11 is 12.3. The van der Waals surface area contributed by atoms with E-state index in [-0.39, 0.29) is 12.0 Å². The maximum absolute atomic E-state index is 12.5. The molecule has 0 saturated carbocycles. The second kappa shape index (κ2) is 7.46. The molecule has 6 heteroatoms. The first-order valence-corrected chi connectivity index (χ1v) is 8.83. The van der Waals surface area contributed by atoms with Crippen molar-refractivity contribution in [2.75, 3.05) is 11.6 Å². The molecule has 4 nitrogen and oxygen atoms in total. The van der Waals surface area contributed by atoms with Gasteiger partial charge in [0.25, 0.3) is 0 Å². The van der Waals surface area contributed by atoms with Gasteiger partial charge < -0.3 is 4.74 Å². The van der Waals surface area contributed by atoms with E-state index in [0.29, 0.717) is 28.1 Å². The van der Waals surface area contributed by atoms with Crippen molar-refractivity contribution in [2.45, 2.75) is 25.8 Å². The topological polar surface area (TPSA) is 41.9 Å². The van der Waals surface area contributed by atoms with Gasteiger partial charge in [0.1, 0.15) is 0 Å². The van der Waals surface area contributed by atoms with Crippen molar-refractivity contribution in [2.24, 2.45) is 5.10 Å². The number of anilines is 1. The summed E-state index contributed by atoms with van der Waals surface area (Å²) in [4.78, 5) is 12.5. The van der Waals surface area contributed by atoms with Crippen molar-refractivity contribution < 1.29 is 9.53 Å². The average molecular weight is 377 g/mol. The molecule has 2 aromatic carbocycles. The van der Waals surface area contributed by atoms with Crippen LogP contribution in [-0.2, 0) is 9.53 Å². The zero-order chi connectivity index (χ0) is 18.0. The van der Waals surface area contributed by atoms with E-state index in [9.17, 15) is 4.79 Å². The number of carbonyl (C=O) groups excluding carboxylic acids is 1. The first kappa shape index (κ1) is 17.8. The number of rotatable bonds is 4. The van der Waals surface area contributed by atoms with Gasteiger partial charge in [-0.2, -0.15) is 5.10 Å². The fourth-order valence-electron chi connectivity index (χ4n) is 3.05. The van der Waals surface area contributed by atoms with E-state index >= 15 is 0 Å². The van der Waals surface area contributed by atoms with Crippen molar-refractivity contribution in [1.82, 2.24) is 0 Å². The zero-order valence-corrected chi connectivity index (χ0v) is 15.5. The maximum Gasteiger partial charge on any atom is 0.355 e. The number of ether oxygens (including phenoxy) is 1. The van der Waals surface area contributed by atoms with Crippen LogP contribution >= 0.6 is 23.2 Å². The van der Waals surface area contributed by atoms with Gasteiger partial charge in [0, 0.05) is 5.02 Å². The minimum Gasteiger partial charge on any atom is -0.461 e. The molecule has 0 spiro atoms. The minimum atomic E-state index is -0.407. The van der Waals surface area contributed by atoms with Crippen molar-refractivity contribution >= 4 is 40.6 Å². The predicted octanol–water partition coefficient (Wildman–Crippen LogP) is 4.90. The number of hydrazone groups is 1. The first-order valence-electron chi connectivity index (χ1n) is 8.07. The molecule has 1 heterocycles. The highest BCUT2D eigenvalue weighted by Crippen LogP contribution is 2.38. The Balaban J connectivity index is 2.05. The van der Waals surface area contributed by atoms with Crippen LogP contribution in [0.15, 0.2) is 53.6 Å². The summed E-state index contributed by atoms with van der Waals surface area (Å²) in [5.41, 5.74) is 2.10. The molecule has 0 radical (unpaired) electrons. The van der Waals surface area contributed by atoms with E-state index in [1.54, 1.807) is 30.1 Å². The number of carbonyl (C=O) groups is 1. The SMILES string of the molecule is CCOC(=O)C1=NN(c2ccc(Cl)cc2Cl)C(C)C1c1ccccc1. The van der Waals surface area contributed by atoms with Crippen LogP contribution in [0.25, 0.3) is 0 Å². The van der Waals surface area contributed by atoms with E-state index < -0.39 is 5.97 Å². The molecule has 0 saturated heterocycles. The zero-order valence-electron chi connectivity index (χ0n) is 13.9. The molecule has 1 aliphatic heterocycles. The Morgan fingerprint density at radius 3 is 2.56 bits per heavy atom. The quantitative estimate of drug-likeness (QED) is 0.712. The molecule has 0 amide bonds. The van der Waals surface area contributed by atoms with Crippen molar-refractivity contribution in [1.29, 1.82) is 0 Å². The van der Waals surface area contributed by atoms with Crippen molar-refractivity contribution in [3.63, 3.8) is 0 Å². The van der Waals surface area contributed by atoms with Gasteiger partial charge in [-0.15, -0.1) is 0 Å². The Bertz CT molecular complexity index is 808. The Morgan fingerprint density at radius 1 is 1.20 bits per heavy atom. The third-order valence-electron chi connectivity index (χ3n) is 4.18. The van der Waals surface area contributed by atoms with Gasteiger partial charge in [-0.25, -0.2) is 4.79 Å². The number of halogens is 2. The molecule has 0 aromatic heterocycles. The highest BCUT2D eigenvalue weighted by atomic mass is 35.5. The number of benzene rings is 2. The minimum absolute atomic E-state index is 0.0968. The van der Waals surface area contributed by atoms with Crippen LogP contribution in [0.5, 0.6) is 0 Å². The smallest absolute Gasteiger partial charge is 0.355 e. The molecule has 0 bridgehead atoms. The fraction of sp³-hybridized carbons (Fsp3) is 0.263. The number of esters is 1. The standard InChI is InChI=1S/C19H18Cl2N2O2/c1-3-25-19(24)18-17(13-7-5-4-6-8-13)12(2)23(22-18)16-10-9-14(20)11-15(16)21/h4-12,17H,3H2,1-2H3. The van der Waals surface area contributed by atoms with Gasteiger partial charge in [0.2, 0.25) is 0 Å². The molecular formula is C19H18Cl2N2O2. The summed E-state index contributed by atoms with van der Waals surface area (Å²) in [6, 6.07) is 14.9. The molecule has 2 atom stereocenters. The monoisotopic (exact) mass is 376 g/mol. The van der Waals surface area contributed by atoms with Gasteiger partial charge in [0.15, 0.2) is 5.71 Å². The highest BCUT2D eigenvalue weighted by molar-refractivity contribution is 6.40. The average Bonchev–Trinajstić information content (AvgIpc) is 2.93.